The molecule has 0 aliphatic rings. The van der Waals surface area contributed by atoms with Gasteiger partial charge in [-0.25, -0.2) is 0 Å². The van der Waals surface area contributed by atoms with Crippen LogP contribution in [0.5, 0.6) is 0 Å². The maximum atomic E-state index is 5.46. The fourth-order valence-corrected chi connectivity index (χ4v) is 1.37. The Morgan fingerprint density at radius 1 is 1.11 bits per heavy atom. The van der Waals surface area contributed by atoms with Crippen LogP contribution in [-0.4, -0.2) is 10.2 Å². The summed E-state index contributed by atoms with van der Waals surface area (Å²) < 4.78 is 0. The van der Waals surface area contributed by atoms with Crippen LogP contribution in [0, 0.1) is 0 Å². The van der Waals surface area contributed by atoms with Gasteiger partial charge in [0.05, 0.1) is 11.8 Å². The highest BCUT2D eigenvalue weighted by atomic mass is 35.5. The molecule has 0 bridgehead atoms. The lowest BCUT2D eigenvalue weighted by Crippen LogP contribution is -1.74. The monoisotopic (exact) mass is 182 g/mol. The molecule has 0 spiro atoms. The highest BCUT2D eigenvalue weighted by Gasteiger charge is 1.99. The molecule has 1 aromatic heterocycles. The van der Waals surface area contributed by atoms with Crippen LogP contribution in [0.25, 0.3) is 0 Å². The standard InChI is InChI=1S/C4H4Cl2N2S/c5-1-3-7-8-4(2-6)9-3/h1-2H2. The van der Waals surface area contributed by atoms with Crippen LogP contribution in [0.2, 0.25) is 0 Å². The largest absolute Gasteiger partial charge is 0.142 e. The molecule has 0 aliphatic carbocycles. The number of hydrogen-bond donors (Lipinski definition) is 0. The Hall–Kier alpha value is 0.140. The van der Waals surface area contributed by atoms with Gasteiger partial charge in [0.25, 0.3) is 0 Å². The van der Waals surface area contributed by atoms with Crippen LogP contribution in [0.4, 0.5) is 0 Å². The van der Waals surface area contributed by atoms with Crippen molar-refractivity contribution in [2.75, 3.05) is 0 Å². The van der Waals surface area contributed by atoms with E-state index < -0.39 is 0 Å². The van der Waals surface area contributed by atoms with E-state index in [1.165, 1.54) is 11.3 Å². The first-order valence-corrected chi connectivity index (χ1v) is 4.18. The zero-order chi connectivity index (χ0) is 6.69. The molecular formula is C4H4Cl2N2S. The summed E-state index contributed by atoms with van der Waals surface area (Å²) >= 11 is 12.4. The molecule has 2 nitrogen and oxygen atoms in total. The van der Waals surface area contributed by atoms with Crippen LogP contribution < -0.4 is 0 Å². The van der Waals surface area contributed by atoms with Gasteiger partial charge >= 0.3 is 0 Å². The Morgan fingerprint density at radius 2 is 1.56 bits per heavy atom. The van der Waals surface area contributed by atoms with E-state index in [-0.39, 0.29) is 0 Å². The summed E-state index contributed by atoms with van der Waals surface area (Å²) in [6.07, 6.45) is 0. The highest BCUT2D eigenvalue weighted by molar-refractivity contribution is 7.11. The van der Waals surface area contributed by atoms with Crippen LogP contribution in [0.3, 0.4) is 0 Å². The average molecular weight is 183 g/mol. The van der Waals surface area contributed by atoms with E-state index in [0.29, 0.717) is 11.8 Å². The average Bonchev–Trinajstić information content (AvgIpc) is 2.34. The fourth-order valence-electron chi connectivity index (χ4n) is 0.396. The van der Waals surface area contributed by atoms with E-state index >= 15 is 0 Å². The van der Waals surface area contributed by atoms with E-state index in [9.17, 15) is 0 Å². The molecule has 0 fully saturated rings. The number of aromatic nitrogens is 2. The minimum absolute atomic E-state index is 0.425. The van der Waals surface area contributed by atoms with E-state index in [1.807, 2.05) is 0 Å². The van der Waals surface area contributed by atoms with Crippen LogP contribution in [0.1, 0.15) is 10.0 Å². The predicted octanol–water partition coefficient (Wildman–Crippen LogP) is 2.02. The molecule has 0 unspecified atom stereocenters. The maximum Gasteiger partial charge on any atom is 0.132 e. The summed E-state index contributed by atoms with van der Waals surface area (Å²) in [6, 6.07) is 0. The molecule has 0 saturated heterocycles. The molecule has 0 amide bonds. The summed E-state index contributed by atoms with van der Waals surface area (Å²) in [6.45, 7) is 0. The predicted molar refractivity (Wildman–Crippen MR) is 39.0 cm³/mol. The van der Waals surface area contributed by atoms with Crippen molar-refractivity contribution < 1.29 is 0 Å². The highest BCUT2D eigenvalue weighted by Crippen LogP contribution is 2.12. The maximum absolute atomic E-state index is 5.46. The third kappa shape index (κ3) is 1.78. The van der Waals surface area contributed by atoms with E-state index in [2.05, 4.69) is 10.2 Å². The second-order valence-corrected chi connectivity index (χ2v) is 3.04. The summed E-state index contributed by atoms with van der Waals surface area (Å²) in [5, 5.41) is 9.17. The minimum Gasteiger partial charge on any atom is -0.142 e. The molecule has 50 valence electrons. The molecule has 1 aromatic rings. The van der Waals surface area contributed by atoms with Crippen molar-refractivity contribution in [3.8, 4) is 0 Å². The van der Waals surface area contributed by atoms with Gasteiger partial charge in [-0.3, -0.25) is 0 Å². The second kappa shape index (κ2) is 3.34. The van der Waals surface area contributed by atoms with Gasteiger partial charge in [-0.05, 0) is 0 Å². The number of alkyl halides is 2. The van der Waals surface area contributed by atoms with Crippen LogP contribution >= 0.6 is 34.5 Å². The molecule has 9 heavy (non-hydrogen) atoms. The molecule has 5 heteroatoms. The summed E-state index contributed by atoms with van der Waals surface area (Å²) in [5.41, 5.74) is 0. The van der Waals surface area contributed by atoms with E-state index in [4.69, 9.17) is 23.2 Å². The first kappa shape index (κ1) is 7.25. The second-order valence-electron chi connectivity index (χ2n) is 1.36. The molecule has 1 heterocycles. The SMILES string of the molecule is ClCc1nnc(CCl)s1. The fraction of sp³-hybridized carbons (Fsp3) is 0.500. The van der Waals surface area contributed by atoms with Crippen molar-refractivity contribution in [3.63, 3.8) is 0 Å². The molecular weight excluding hydrogens is 179 g/mol. The normalized spacial score (nSPS) is 10.0. The number of hydrogen-bond acceptors (Lipinski definition) is 3. The molecule has 0 aliphatic heterocycles. The zero-order valence-corrected chi connectivity index (χ0v) is 6.80. The Kier molecular flexibility index (Phi) is 2.69. The van der Waals surface area contributed by atoms with Crippen molar-refractivity contribution in [2.45, 2.75) is 11.8 Å². The van der Waals surface area contributed by atoms with Gasteiger partial charge in [0, 0.05) is 0 Å². The van der Waals surface area contributed by atoms with Gasteiger partial charge in [0.15, 0.2) is 0 Å². The van der Waals surface area contributed by atoms with E-state index in [1.54, 1.807) is 0 Å². The Balaban J connectivity index is 2.74. The molecule has 0 saturated carbocycles. The lowest BCUT2D eigenvalue weighted by Gasteiger charge is -1.76. The van der Waals surface area contributed by atoms with Crippen LogP contribution in [0.15, 0.2) is 0 Å². The first-order valence-electron chi connectivity index (χ1n) is 2.30. The quantitative estimate of drug-likeness (QED) is 0.655. The van der Waals surface area contributed by atoms with Crippen molar-refractivity contribution in [3.05, 3.63) is 10.0 Å². The number of nitrogens with zero attached hydrogens (tertiary/aromatic N) is 2. The van der Waals surface area contributed by atoms with Gasteiger partial charge in [0.1, 0.15) is 10.0 Å². The molecule has 0 atom stereocenters. The zero-order valence-electron chi connectivity index (χ0n) is 4.47. The van der Waals surface area contributed by atoms with Gasteiger partial charge < -0.3 is 0 Å². The topological polar surface area (TPSA) is 25.8 Å². The Labute approximate surface area is 66.8 Å². The smallest absolute Gasteiger partial charge is 0.132 e. The van der Waals surface area contributed by atoms with E-state index in [0.717, 1.165) is 10.0 Å². The Bertz CT molecular complexity index is 170. The van der Waals surface area contributed by atoms with Gasteiger partial charge in [0.2, 0.25) is 0 Å². The molecule has 0 N–H and O–H groups in total. The Morgan fingerprint density at radius 3 is 1.78 bits per heavy atom. The molecule has 1 rings (SSSR count). The van der Waals surface area contributed by atoms with Crippen LogP contribution in [-0.2, 0) is 11.8 Å². The number of rotatable bonds is 2. The third-order valence-electron chi connectivity index (χ3n) is 0.737. The van der Waals surface area contributed by atoms with Gasteiger partial charge in [-0.2, -0.15) is 0 Å². The van der Waals surface area contributed by atoms with Crippen molar-refractivity contribution in [1.29, 1.82) is 0 Å². The number of halogens is 2. The van der Waals surface area contributed by atoms with Crippen molar-refractivity contribution in [1.82, 2.24) is 10.2 Å². The minimum atomic E-state index is 0.425. The lowest BCUT2D eigenvalue weighted by atomic mass is 10.8. The van der Waals surface area contributed by atoms with Gasteiger partial charge in [-0.1, -0.05) is 11.3 Å². The molecule has 0 aromatic carbocycles. The first-order chi connectivity index (χ1) is 4.36. The van der Waals surface area contributed by atoms with Crippen molar-refractivity contribution >= 4 is 34.5 Å². The lowest BCUT2D eigenvalue weighted by molar-refractivity contribution is 1.00. The van der Waals surface area contributed by atoms with Crippen molar-refractivity contribution in [2.24, 2.45) is 0 Å². The molecule has 0 radical (unpaired) electrons. The summed E-state index contributed by atoms with van der Waals surface area (Å²) in [5.74, 6) is 0.850. The van der Waals surface area contributed by atoms with Gasteiger partial charge in [-0.15, -0.1) is 33.4 Å². The summed E-state index contributed by atoms with van der Waals surface area (Å²) in [4.78, 5) is 0. The summed E-state index contributed by atoms with van der Waals surface area (Å²) in [7, 11) is 0. The third-order valence-corrected chi connectivity index (χ3v) is 2.48.